The molecular formula is C41H60N4O24. The zero-order chi connectivity index (χ0) is 52.3. The van der Waals surface area contributed by atoms with E-state index < -0.39 is 178 Å². The summed E-state index contributed by atoms with van der Waals surface area (Å²) in [6, 6.07) is 0. The molecule has 0 spiro atoms. The number of nitrogens with one attached hydrogen (secondary N) is 4. The molecule has 4 amide bonds. The van der Waals surface area contributed by atoms with E-state index in [2.05, 4.69) is 21.3 Å². The van der Waals surface area contributed by atoms with Crippen molar-refractivity contribution >= 4 is 83.3 Å². The molecule has 0 aromatic carbocycles. The van der Waals surface area contributed by atoms with Crippen molar-refractivity contribution in [3.8, 4) is 0 Å². The Kier molecular flexibility index (Phi) is 31.9. The topological polar surface area (TPSA) is 445 Å². The molecule has 28 nitrogen and oxygen atoms in total. The number of carboxylic acids is 6. The number of carbonyl (C=O) groups excluding carboxylic acids is 8. The second kappa shape index (κ2) is 35.7. The molecule has 0 saturated heterocycles. The molecule has 4 atom stereocenters. The SMILES string of the molecule is O=C(O)CCCNC(=O)C(CCC(=O)O)OC(=O)CCCNC(=O)C(CCC(=O)OC(CCC(=O)O)C(=O)NCCCC(=O)O)OC(=O)CCCC(=O)OC(CCC(=O)O)C(=O)NCCCC(=O)O. The fourth-order valence-corrected chi connectivity index (χ4v) is 5.49. The summed E-state index contributed by atoms with van der Waals surface area (Å²) in [5.74, 6) is -15.4. The first-order valence-electron chi connectivity index (χ1n) is 21.7. The maximum Gasteiger partial charge on any atom is 0.306 e. The van der Waals surface area contributed by atoms with Gasteiger partial charge >= 0.3 is 59.7 Å². The van der Waals surface area contributed by atoms with Crippen LogP contribution in [0.4, 0.5) is 0 Å². The third-order valence-electron chi connectivity index (χ3n) is 8.96. The molecule has 28 heteroatoms. The number of carbonyl (C=O) groups is 14. The van der Waals surface area contributed by atoms with Gasteiger partial charge in [0.2, 0.25) is 0 Å². The van der Waals surface area contributed by atoms with E-state index in [1.54, 1.807) is 0 Å². The van der Waals surface area contributed by atoms with Crippen LogP contribution >= 0.6 is 0 Å². The third kappa shape index (κ3) is 33.7. The van der Waals surface area contributed by atoms with Crippen LogP contribution in [0, 0.1) is 0 Å². The van der Waals surface area contributed by atoms with Crippen LogP contribution in [0.25, 0.3) is 0 Å². The summed E-state index contributed by atoms with van der Waals surface area (Å²) >= 11 is 0. The van der Waals surface area contributed by atoms with Gasteiger partial charge in [-0.05, 0) is 32.1 Å². The van der Waals surface area contributed by atoms with Crippen molar-refractivity contribution in [1.29, 1.82) is 0 Å². The Hall–Kier alpha value is -7.42. The molecule has 0 aliphatic rings. The van der Waals surface area contributed by atoms with Crippen molar-refractivity contribution < 1.29 is 117 Å². The van der Waals surface area contributed by atoms with Gasteiger partial charge in [-0.25, -0.2) is 0 Å². The summed E-state index contributed by atoms with van der Waals surface area (Å²) in [6.45, 7) is -0.700. The largest absolute Gasteiger partial charge is 0.481 e. The van der Waals surface area contributed by atoms with Gasteiger partial charge in [0, 0.05) is 116 Å². The van der Waals surface area contributed by atoms with Gasteiger partial charge in [-0.3, -0.25) is 67.1 Å². The fraction of sp³-hybridized carbons (Fsp3) is 0.659. The minimum absolute atomic E-state index is 0.00467. The number of ether oxygens (including phenoxy) is 4. The first kappa shape index (κ1) is 61.6. The lowest BCUT2D eigenvalue weighted by atomic mass is 10.1. The van der Waals surface area contributed by atoms with E-state index in [-0.39, 0.29) is 77.5 Å². The molecule has 0 aromatic heterocycles. The van der Waals surface area contributed by atoms with Crippen LogP contribution in [0.2, 0.25) is 0 Å². The highest BCUT2D eigenvalue weighted by molar-refractivity contribution is 5.87. The summed E-state index contributed by atoms with van der Waals surface area (Å²) in [5, 5.41) is 62.9. The van der Waals surface area contributed by atoms with Gasteiger partial charge in [0.15, 0.2) is 24.4 Å². The Balaban J connectivity index is 5.80. The molecule has 388 valence electrons. The first-order valence-corrected chi connectivity index (χ1v) is 21.7. The molecule has 0 aliphatic heterocycles. The summed E-state index contributed by atoms with van der Waals surface area (Å²) in [7, 11) is 0. The molecule has 0 heterocycles. The highest BCUT2D eigenvalue weighted by Crippen LogP contribution is 2.13. The van der Waals surface area contributed by atoms with Gasteiger partial charge < -0.3 is 70.9 Å². The number of carboxylic acid groups (broad SMARTS) is 6. The van der Waals surface area contributed by atoms with Crippen LogP contribution in [-0.2, 0) is 86.1 Å². The maximum absolute atomic E-state index is 13.3. The van der Waals surface area contributed by atoms with Gasteiger partial charge in [-0.15, -0.1) is 0 Å². The van der Waals surface area contributed by atoms with Gasteiger partial charge in [0.25, 0.3) is 23.6 Å². The molecule has 0 rings (SSSR count). The minimum atomic E-state index is -1.78. The number of hydrogen-bond acceptors (Lipinski definition) is 18. The summed E-state index contributed by atoms with van der Waals surface area (Å²) in [5.41, 5.74) is 0. The fourth-order valence-electron chi connectivity index (χ4n) is 5.49. The van der Waals surface area contributed by atoms with Crippen molar-refractivity contribution in [2.75, 3.05) is 26.2 Å². The van der Waals surface area contributed by atoms with E-state index in [4.69, 9.17) is 49.6 Å². The van der Waals surface area contributed by atoms with Crippen molar-refractivity contribution in [2.45, 2.75) is 146 Å². The standard InChI is InChI=1S/C41H60N4O24/c46-28(47)6-2-20-42-38(62)24(12-16-31(52)53)66-34(58)9-1-10-35(59)68-27(15-19-37(61)69-26(14-18-33(56)57)40(64)44-22-4-8-30(50)51)41(65)45-23-5-11-36(60)67-25(13-17-32(54)55)39(63)43-21-3-7-29(48)49/h24-27H,1-23H2,(H,42,62)(H,43,63)(H,44,64)(H,45,65)(H,46,47)(H,48,49)(H,50,51)(H,52,53)(H,54,55)(H,56,57). The lowest BCUT2D eigenvalue weighted by Crippen LogP contribution is -2.40. The Labute approximate surface area is 393 Å². The first-order chi connectivity index (χ1) is 32.5. The predicted molar refractivity (Wildman–Crippen MR) is 225 cm³/mol. The highest BCUT2D eigenvalue weighted by Gasteiger charge is 2.29. The second-order valence-electron chi connectivity index (χ2n) is 14.9. The highest BCUT2D eigenvalue weighted by atomic mass is 16.6. The van der Waals surface area contributed by atoms with Crippen molar-refractivity contribution in [2.24, 2.45) is 0 Å². The number of amides is 4. The number of hydrogen-bond donors (Lipinski definition) is 10. The normalized spacial score (nSPS) is 12.3. The molecule has 0 radical (unpaired) electrons. The maximum atomic E-state index is 13.3. The number of aliphatic carboxylic acids is 6. The number of esters is 4. The van der Waals surface area contributed by atoms with Crippen LogP contribution in [0.1, 0.15) is 122 Å². The van der Waals surface area contributed by atoms with Gasteiger partial charge in [0.05, 0.1) is 0 Å². The van der Waals surface area contributed by atoms with Crippen molar-refractivity contribution in [3.63, 3.8) is 0 Å². The molecule has 0 saturated carbocycles. The summed E-state index contributed by atoms with van der Waals surface area (Å²) in [4.78, 5) is 168. The van der Waals surface area contributed by atoms with Crippen LogP contribution in [0.15, 0.2) is 0 Å². The molecule has 0 aromatic rings. The van der Waals surface area contributed by atoms with E-state index in [1.807, 2.05) is 0 Å². The lowest BCUT2D eigenvalue weighted by Gasteiger charge is -2.20. The van der Waals surface area contributed by atoms with E-state index in [1.165, 1.54) is 0 Å². The molecular weight excluding hydrogens is 932 g/mol. The van der Waals surface area contributed by atoms with Gasteiger partial charge in [0.1, 0.15) is 0 Å². The third-order valence-corrected chi connectivity index (χ3v) is 8.96. The predicted octanol–water partition coefficient (Wildman–Crippen LogP) is -0.982. The second-order valence-corrected chi connectivity index (χ2v) is 14.9. The van der Waals surface area contributed by atoms with Crippen LogP contribution in [0.3, 0.4) is 0 Å². The Morgan fingerprint density at radius 1 is 0.275 bits per heavy atom. The quantitative estimate of drug-likeness (QED) is 0.0200. The Bertz CT molecular complexity index is 1800. The molecule has 0 fully saturated rings. The summed E-state index contributed by atoms with van der Waals surface area (Å²) in [6.07, 6.45) is -13.8. The van der Waals surface area contributed by atoms with E-state index in [0.717, 1.165) is 0 Å². The molecule has 0 aliphatic carbocycles. The van der Waals surface area contributed by atoms with Crippen molar-refractivity contribution in [1.82, 2.24) is 21.3 Å². The molecule has 10 N–H and O–H groups in total. The Morgan fingerprint density at radius 2 is 0.478 bits per heavy atom. The monoisotopic (exact) mass is 992 g/mol. The Morgan fingerprint density at radius 3 is 0.725 bits per heavy atom. The minimum Gasteiger partial charge on any atom is -0.481 e. The molecule has 4 unspecified atom stereocenters. The molecule has 0 bridgehead atoms. The van der Waals surface area contributed by atoms with Crippen molar-refractivity contribution in [3.05, 3.63) is 0 Å². The average Bonchev–Trinajstić information content (AvgIpc) is 3.26. The van der Waals surface area contributed by atoms with E-state index >= 15 is 0 Å². The van der Waals surface area contributed by atoms with Crippen LogP contribution in [0.5, 0.6) is 0 Å². The number of rotatable bonds is 40. The molecule has 69 heavy (non-hydrogen) atoms. The van der Waals surface area contributed by atoms with E-state index in [9.17, 15) is 67.1 Å². The zero-order valence-electron chi connectivity index (χ0n) is 37.6. The van der Waals surface area contributed by atoms with Crippen LogP contribution < -0.4 is 21.3 Å². The summed E-state index contributed by atoms with van der Waals surface area (Å²) < 4.78 is 20.6. The van der Waals surface area contributed by atoms with Crippen LogP contribution in [-0.4, -0.2) is 165 Å². The lowest BCUT2D eigenvalue weighted by molar-refractivity contribution is -0.161. The zero-order valence-corrected chi connectivity index (χ0v) is 37.6. The smallest absolute Gasteiger partial charge is 0.306 e. The average molecular weight is 993 g/mol. The van der Waals surface area contributed by atoms with Gasteiger partial charge in [-0.1, -0.05) is 0 Å². The van der Waals surface area contributed by atoms with Gasteiger partial charge in [-0.2, -0.15) is 0 Å². The van der Waals surface area contributed by atoms with E-state index in [0.29, 0.717) is 0 Å².